The lowest BCUT2D eigenvalue weighted by atomic mass is 9.74. The van der Waals surface area contributed by atoms with Crippen molar-refractivity contribution in [2.75, 3.05) is 0 Å². The molecule has 2 aromatic carbocycles. The molecule has 192 valence electrons. The van der Waals surface area contributed by atoms with Gasteiger partial charge in [-0.25, -0.2) is 13.2 Å². The van der Waals surface area contributed by atoms with Gasteiger partial charge in [0, 0.05) is 5.56 Å². The lowest BCUT2D eigenvalue weighted by Gasteiger charge is -2.32. The summed E-state index contributed by atoms with van der Waals surface area (Å²) in [5.74, 6) is 1.45. The van der Waals surface area contributed by atoms with Gasteiger partial charge < -0.3 is 0 Å². The molecule has 0 heterocycles. The minimum Gasteiger partial charge on any atom is -0.207 e. The van der Waals surface area contributed by atoms with Crippen LogP contribution in [0.1, 0.15) is 107 Å². The molecule has 35 heavy (non-hydrogen) atoms. The van der Waals surface area contributed by atoms with Gasteiger partial charge in [0.2, 0.25) is 0 Å². The molecule has 2 aromatic rings. The lowest BCUT2D eigenvalue weighted by molar-refractivity contribution is 0.224. The van der Waals surface area contributed by atoms with Crippen molar-refractivity contribution < 1.29 is 13.2 Å². The molecule has 2 fully saturated rings. The second kappa shape index (κ2) is 12.7. The highest BCUT2D eigenvalue weighted by atomic mass is 35.5. The van der Waals surface area contributed by atoms with Crippen LogP contribution >= 0.6 is 11.6 Å². The first-order valence-electron chi connectivity index (χ1n) is 13.8. The summed E-state index contributed by atoms with van der Waals surface area (Å²) in [6, 6.07) is 7.60. The topological polar surface area (TPSA) is 0 Å². The molecule has 0 bridgehead atoms. The summed E-state index contributed by atoms with van der Waals surface area (Å²) in [5.41, 5.74) is 1.57. The Labute approximate surface area is 214 Å². The third-order valence-electron chi connectivity index (χ3n) is 8.78. The van der Waals surface area contributed by atoms with Crippen molar-refractivity contribution in [3.05, 3.63) is 69.5 Å². The van der Waals surface area contributed by atoms with Gasteiger partial charge in [0.05, 0.1) is 5.02 Å². The van der Waals surface area contributed by atoms with E-state index in [1.54, 1.807) is 18.2 Å². The fraction of sp³-hybridized carbons (Fsp3) is 0.613. The van der Waals surface area contributed by atoms with E-state index in [0.29, 0.717) is 12.0 Å². The van der Waals surface area contributed by atoms with Crippen LogP contribution in [0.3, 0.4) is 0 Å². The molecule has 0 saturated heterocycles. The first-order chi connectivity index (χ1) is 16.9. The Hall–Kier alpha value is -1.48. The predicted octanol–water partition coefficient (Wildman–Crippen LogP) is 10.2. The van der Waals surface area contributed by atoms with Crippen LogP contribution < -0.4 is 0 Å². The van der Waals surface area contributed by atoms with E-state index in [1.807, 2.05) is 0 Å². The van der Waals surface area contributed by atoms with Gasteiger partial charge in [0.15, 0.2) is 0 Å². The van der Waals surface area contributed by atoms with E-state index < -0.39 is 17.5 Å². The van der Waals surface area contributed by atoms with Crippen LogP contribution in [-0.4, -0.2) is 0 Å². The van der Waals surface area contributed by atoms with Crippen molar-refractivity contribution in [2.45, 2.75) is 103 Å². The maximum Gasteiger partial charge on any atom is 0.142 e. The minimum absolute atomic E-state index is 0.0553. The van der Waals surface area contributed by atoms with Crippen LogP contribution in [0.2, 0.25) is 5.02 Å². The molecule has 0 spiro atoms. The smallest absolute Gasteiger partial charge is 0.142 e. The largest absolute Gasteiger partial charge is 0.207 e. The summed E-state index contributed by atoms with van der Waals surface area (Å²) in [6.45, 7) is 2.30. The molecule has 4 heteroatoms. The summed E-state index contributed by atoms with van der Waals surface area (Å²) in [6.07, 6.45) is 16.0. The van der Waals surface area contributed by atoms with Crippen LogP contribution in [0, 0.1) is 35.2 Å². The van der Waals surface area contributed by atoms with Crippen molar-refractivity contribution in [3.63, 3.8) is 0 Å². The Kier molecular flexibility index (Phi) is 9.61. The molecule has 0 radical (unpaired) electrons. The highest BCUT2D eigenvalue weighted by Gasteiger charge is 2.26. The van der Waals surface area contributed by atoms with Gasteiger partial charge in [0.1, 0.15) is 17.5 Å². The van der Waals surface area contributed by atoms with Crippen LogP contribution in [0.5, 0.6) is 0 Å². The first kappa shape index (κ1) is 26.6. The summed E-state index contributed by atoms with van der Waals surface area (Å²) < 4.78 is 43.4. The van der Waals surface area contributed by atoms with Crippen molar-refractivity contribution >= 4 is 11.6 Å². The molecule has 0 aromatic heterocycles. The average Bonchev–Trinajstić information content (AvgIpc) is 2.85. The van der Waals surface area contributed by atoms with E-state index in [9.17, 15) is 13.2 Å². The van der Waals surface area contributed by atoms with E-state index in [0.717, 1.165) is 36.2 Å². The molecule has 0 amide bonds. The summed E-state index contributed by atoms with van der Waals surface area (Å²) >= 11 is 5.72. The van der Waals surface area contributed by atoms with Gasteiger partial charge in [-0.15, -0.1) is 0 Å². The van der Waals surface area contributed by atoms with Gasteiger partial charge in [-0.2, -0.15) is 0 Å². The van der Waals surface area contributed by atoms with Crippen molar-refractivity contribution in [3.8, 4) is 0 Å². The molecule has 0 unspecified atom stereocenters. The zero-order chi connectivity index (χ0) is 24.8. The lowest BCUT2D eigenvalue weighted by Crippen LogP contribution is -2.18. The molecule has 0 aliphatic heterocycles. The zero-order valence-corrected chi connectivity index (χ0v) is 21.9. The Bertz CT molecular complexity index is 933. The summed E-state index contributed by atoms with van der Waals surface area (Å²) in [5, 5.41) is 0.0553. The van der Waals surface area contributed by atoms with E-state index in [-0.39, 0.29) is 22.9 Å². The molecule has 2 aliphatic rings. The predicted molar refractivity (Wildman–Crippen MR) is 139 cm³/mol. The monoisotopic (exact) mass is 504 g/mol. The van der Waals surface area contributed by atoms with Crippen LogP contribution in [0.4, 0.5) is 13.2 Å². The molecular formula is C31H40ClF3. The van der Waals surface area contributed by atoms with Crippen LogP contribution in [0.15, 0.2) is 30.3 Å². The van der Waals surface area contributed by atoms with Crippen molar-refractivity contribution in [1.29, 1.82) is 0 Å². The Morgan fingerprint density at radius 2 is 1.23 bits per heavy atom. The molecule has 4 rings (SSSR count). The molecule has 2 aliphatic carbocycles. The fourth-order valence-electron chi connectivity index (χ4n) is 6.53. The third kappa shape index (κ3) is 7.28. The van der Waals surface area contributed by atoms with Crippen molar-refractivity contribution in [2.24, 2.45) is 17.8 Å². The number of hydrogen-bond acceptors (Lipinski definition) is 0. The third-order valence-corrected chi connectivity index (χ3v) is 9.08. The standard InChI is InChI=1S/C31H40ClF3/c1-2-3-21-4-6-22(7-5-21)8-9-23-10-14-25(15-11-23)26-19-29(33)27(30(34)20-26)16-12-24-13-17-28(32)31(35)18-24/h13,17-23,25H,2-12,14-16H2,1H3/t21-,22-,23-,25-. The van der Waals surface area contributed by atoms with Gasteiger partial charge in [-0.3, -0.25) is 0 Å². The molecular weight excluding hydrogens is 465 g/mol. The second-order valence-corrected chi connectivity index (χ2v) is 11.6. The number of hydrogen-bond donors (Lipinski definition) is 0. The Morgan fingerprint density at radius 3 is 1.77 bits per heavy atom. The highest BCUT2D eigenvalue weighted by Crippen LogP contribution is 2.41. The van der Waals surface area contributed by atoms with Gasteiger partial charge in [-0.1, -0.05) is 76.0 Å². The van der Waals surface area contributed by atoms with Crippen LogP contribution in [0.25, 0.3) is 0 Å². The van der Waals surface area contributed by atoms with E-state index in [2.05, 4.69) is 6.92 Å². The van der Waals surface area contributed by atoms with E-state index >= 15 is 0 Å². The maximum atomic E-state index is 14.9. The Morgan fingerprint density at radius 1 is 0.686 bits per heavy atom. The number of rotatable bonds is 9. The number of aryl methyl sites for hydroxylation is 1. The number of halogens is 4. The molecule has 0 nitrogen and oxygen atoms in total. The molecule has 0 N–H and O–H groups in total. The minimum atomic E-state index is -0.504. The number of benzene rings is 2. The van der Waals surface area contributed by atoms with Crippen molar-refractivity contribution in [1.82, 2.24) is 0 Å². The van der Waals surface area contributed by atoms with Crippen LogP contribution in [-0.2, 0) is 12.8 Å². The van der Waals surface area contributed by atoms with E-state index in [4.69, 9.17) is 11.6 Å². The summed E-state index contributed by atoms with van der Waals surface area (Å²) in [7, 11) is 0. The zero-order valence-electron chi connectivity index (χ0n) is 21.1. The average molecular weight is 505 g/mol. The fourth-order valence-corrected chi connectivity index (χ4v) is 6.65. The van der Waals surface area contributed by atoms with E-state index in [1.165, 1.54) is 76.3 Å². The quantitative estimate of drug-likeness (QED) is 0.318. The normalized spacial score (nSPS) is 25.1. The Balaban J connectivity index is 1.24. The van der Waals surface area contributed by atoms with Gasteiger partial charge >= 0.3 is 0 Å². The summed E-state index contributed by atoms with van der Waals surface area (Å²) in [4.78, 5) is 0. The van der Waals surface area contributed by atoms with Gasteiger partial charge in [-0.05, 0) is 97.6 Å². The SMILES string of the molecule is CCC[C@H]1CC[C@H](CC[C@H]2CC[C@H](c3cc(F)c(CCc4ccc(Cl)c(F)c4)c(F)c3)CC2)CC1. The second-order valence-electron chi connectivity index (χ2n) is 11.2. The molecule has 0 atom stereocenters. The highest BCUT2D eigenvalue weighted by molar-refractivity contribution is 6.30. The van der Waals surface area contributed by atoms with Gasteiger partial charge in [0.25, 0.3) is 0 Å². The first-order valence-corrected chi connectivity index (χ1v) is 14.2. The molecule has 2 saturated carbocycles. The maximum absolute atomic E-state index is 14.9.